The predicted octanol–water partition coefficient (Wildman–Crippen LogP) is 2.89. The average molecular weight is 309 g/mol. The molecule has 2 aromatic rings. The summed E-state index contributed by atoms with van der Waals surface area (Å²) >= 11 is 7.18. The van der Waals surface area contributed by atoms with Gasteiger partial charge < -0.3 is 9.47 Å². The van der Waals surface area contributed by atoms with Crippen molar-refractivity contribution in [1.29, 1.82) is 0 Å². The number of thiophene rings is 1. The summed E-state index contributed by atoms with van der Waals surface area (Å²) in [6.45, 7) is 0.178. The van der Waals surface area contributed by atoms with E-state index in [-0.39, 0.29) is 12.7 Å². The van der Waals surface area contributed by atoms with Crippen molar-refractivity contribution in [2.45, 2.75) is 0 Å². The Morgan fingerprint density at radius 2 is 2.15 bits per heavy atom. The number of hydrogen-bond acceptors (Lipinski definition) is 5. The van der Waals surface area contributed by atoms with Crippen LogP contribution in [0.3, 0.4) is 0 Å². The summed E-state index contributed by atoms with van der Waals surface area (Å²) in [5.74, 6) is 0.882. The zero-order valence-corrected chi connectivity index (χ0v) is 11.7. The molecule has 0 bridgehead atoms. The molecule has 1 amide bonds. The molecule has 0 saturated carbocycles. The van der Waals surface area contributed by atoms with Crippen LogP contribution >= 0.6 is 22.9 Å². The molecule has 20 heavy (non-hydrogen) atoms. The predicted molar refractivity (Wildman–Crippen MR) is 77.0 cm³/mol. The van der Waals surface area contributed by atoms with Gasteiger partial charge in [0.25, 0.3) is 5.91 Å². The molecule has 1 aromatic heterocycles. The van der Waals surface area contributed by atoms with Crippen LogP contribution in [0.1, 0.15) is 15.2 Å². The first-order valence-electron chi connectivity index (χ1n) is 5.71. The first-order valence-corrected chi connectivity index (χ1v) is 6.90. The van der Waals surface area contributed by atoms with Crippen LogP contribution in [0.4, 0.5) is 0 Å². The van der Waals surface area contributed by atoms with Gasteiger partial charge in [0.05, 0.1) is 10.6 Å². The number of nitrogens with zero attached hydrogens (tertiary/aromatic N) is 1. The second-order valence-corrected chi connectivity index (χ2v) is 5.66. The summed E-state index contributed by atoms with van der Waals surface area (Å²) in [6.07, 6.45) is 1.54. The number of carbonyl (C=O) groups is 1. The van der Waals surface area contributed by atoms with Crippen LogP contribution in [0.2, 0.25) is 4.34 Å². The van der Waals surface area contributed by atoms with E-state index in [9.17, 15) is 4.79 Å². The molecule has 7 heteroatoms. The lowest BCUT2D eigenvalue weighted by Crippen LogP contribution is -2.17. The molecule has 1 aromatic carbocycles. The van der Waals surface area contributed by atoms with Gasteiger partial charge in [0, 0.05) is 10.4 Å². The SMILES string of the molecule is O=C(NN=Cc1ccc(Cl)s1)c1ccc2c(c1)OCO2. The highest BCUT2D eigenvalue weighted by Gasteiger charge is 2.15. The van der Waals surface area contributed by atoms with Crippen molar-refractivity contribution >= 4 is 35.1 Å². The van der Waals surface area contributed by atoms with Crippen molar-refractivity contribution in [2.75, 3.05) is 6.79 Å². The zero-order valence-electron chi connectivity index (χ0n) is 10.1. The Kier molecular flexibility index (Phi) is 3.58. The van der Waals surface area contributed by atoms with E-state index in [4.69, 9.17) is 21.1 Å². The Hall–Kier alpha value is -2.05. The minimum absolute atomic E-state index is 0.178. The standard InChI is InChI=1S/C13H9ClN2O3S/c14-12-4-2-9(20-12)6-15-16-13(17)8-1-3-10-11(5-8)19-7-18-10/h1-6H,7H2,(H,16,17). The van der Waals surface area contributed by atoms with E-state index in [1.165, 1.54) is 11.3 Å². The van der Waals surface area contributed by atoms with Gasteiger partial charge in [0.15, 0.2) is 11.5 Å². The van der Waals surface area contributed by atoms with Gasteiger partial charge in [0.2, 0.25) is 6.79 Å². The molecule has 2 heterocycles. The number of rotatable bonds is 3. The van der Waals surface area contributed by atoms with E-state index >= 15 is 0 Å². The van der Waals surface area contributed by atoms with Crippen LogP contribution in [0.25, 0.3) is 0 Å². The highest BCUT2D eigenvalue weighted by molar-refractivity contribution is 7.17. The summed E-state index contributed by atoms with van der Waals surface area (Å²) in [5.41, 5.74) is 2.90. The minimum Gasteiger partial charge on any atom is -0.454 e. The molecule has 5 nitrogen and oxygen atoms in total. The maximum Gasteiger partial charge on any atom is 0.271 e. The number of ether oxygens (including phenoxy) is 2. The van der Waals surface area contributed by atoms with Gasteiger partial charge in [0.1, 0.15) is 0 Å². The van der Waals surface area contributed by atoms with Crippen LogP contribution in [0.5, 0.6) is 11.5 Å². The van der Waals surface area contributed by atoms with Crippen molar-refractivity contribution in [3.05, 3.63) is 45.1 Å². The molecule has 102 valence electrons. The summed E-state index contributed by atoms with van der Waals surface area (Å²) < 4.78 is 11.1. The second kappa shape index (κ2) is 5.52. The molecule has 0 atom stereocenters. The third-order valence-electron chi connectivity index (χ3n) is 2.59. The van der Waals surface area contributed by atoms with Crippen molar-refractivity contribution in [3.63, 3.8) is 0 Å². The molecule has 0 aliphatic carbocycles. The fourth-order valence-corrected chi connectivity index (χ4v) is 2.59. The lowest BCUT2D eigenvalue weighted by Gasteiger charge is -2.01. The van der Waals surface area contributed by atoms with Crippen molar-refractivity contribution in [3.8, 4) is 11.5 Å². The highest BCUT2D eigenvalue weighted by Crippen LogP contribution is 2.32. The number of fused-ring (bicyclic) bond motifs is 1. The van der Waals surface area contributed by atoms with E-state index in [0.717, 1.165) is 4.88 Å². The number of hydrazone groups is 1. The summed E-state index contributed by atoms with van der Waals surface area (Å²) in [4.78, 5) is 12.8. The lowest BCUT2D eigenvalue weighted by atomic mass is 10.2. The summed E-state index contributed by atoms with van der Waals surface area (Å²) in [5, 5.41) is 3.88. The van der Waals surface area contributed by atoms with Crippen molar-refractivity contribution in [1.82, 2.24) is 5.43 Å². The van der Waals surface area contributed by atoms with Gasteiger partial charge in [-0.15, -0.1) is 11.3 Å². The van der Waals surface area contributed by atoms with Crippen LogP contribution in [-0.2, 0) is 0 Å². The normalized spacial score (nSPS) is 12.8. The van der Waals surface area contributed by atoms with Gasteiger partial charge in [-0.2, -0.15) is 5.10 Å². The van der Waals surface area contributed by atoms with Crippen molar-refractivity contribution < 1.29 is 14.3 Å². The fourth-order valence-electron chi connectivity index (χ4n) is 1.65. The number of amides is 1. The lowest BCUT2D eigenvalue weighted by molar-refractivity contribution is 0.0954. The summed E-state index contributed by atoms with van der Waals surface area (Å²) in [7, 11) is 0. The van der Waals surface area contributed by atoms with E-state index in [1.807, 2.05) is 6.07 Å². The van der Waals surface area contributed by atoms with E-state index in [2.05, 4.69) is 10.5 Å². The molecule has 1 aliphatic heterocycles. The Balaban J connectivity index is 1.66. The molecule has 0 unspecified atom stereocenters. The smallest absolute Gasteiger partial charge is 0.271 e. The van der Waals surface area contributed by atoms with Gasteiger partial charge in [-0.05, 0) is 30.3 Å². The Bertz CT molecular complexity index is 684. The molecule has 0 fully saturated rings. The fraction of sp³-hybridized carbons (Fsp3) is 0.0769. The Labute approximate surface area is 123 Å². The van der Waals surface area contributed by atoms with Crippen LogP contribution in [0.15, 0.2) is 35.4 Å². The first kappa shape index (κ1) is 13.0. The van der Waals surface area contributed by atoms with Gasteiger partial charge >= 0.3 is 0 Å². The van der Waals surface area contributed by atoms with Gasteiger partial charge in [-0.25, -0.2) is 5.43 Å². The quantitative estimate of drug-likeness (QED) is 0.700. The summed E-state index contributed by atoms with van der Waals surface area (Å²) in [6, 6.07) is 8.56. The highest BCUT2D eigenvalue weighted by atomic mass is 35.5. The molecule has 0 saturated heterocycles. The minimum atomic E-state index is -0.317. The number of carbonyl (C=O) groups excluding carboxylic acids is 1. The number of benzene rings is 1. The number of hydrogen-bond donors (Lipinski definition) is 1. The topological polar surface area (TPSA) is 59.9 Å². The molecule has 1 N–H and O–H groups in total. The number of nitrogens with one attached hydrogen (secondary N) is 1. The number of halogens is 1. The van der Waals surface area contributed by atoms with Crippen LogP contribution in [-0.4, -0.2) is 18.9 Å². The van der Waals surface area contributed by atoms with Gasteiger partial charge in [-0.1, -0.05) is 11.6 Å². The second-order valence-electron chi connectivity index (χ2n) is 3.91. The van der Waals surface area contributed by atoms with E-state index in [0.29, 0.717) is 21.4 Å². The molecule has 0 radical (unpaired) electrons. The third-order valence-corrected chi connectivity index (χ3v) is 3.75. The first-order chi connectivity index (χ1) is 9.72. The Morgan fingerprint density at radius 1 is 1.30 bits per heavy atom. The maximum absolute atomic E-state index is 11.9. The third kappa shape index (κ3) is 2.76. The Morgan fingerprint density at radius 3 is 2.95 bits per heavy atom. The van der Waals surface area contributed by atoms with Gasteiger partial charge in [-0.3, -0.25) is 4.79 Å². The molecule has 1 aliphatic rings. The molecular formula is C13H9ClN2O3S. The van der Waals surface area contributed by atoms with E-state index in [1.54, 1.807) is 30.5 Å². The van der Waals surface area contributed by atoms with Crippen molar-refractivity contribution in [2.24, 2.45) is 5.10 Å². The zero-order chi connectivity index (χ0) is 13.9. The largest absolute Gasteiger partial charge is 0.454 e. The van der Waals surface area contributed by atoms with E-state index < -0.39 is 0 Å². The molecule has 3 rings (SSSR count). The van der Waals surface area contributed by atoms with Crippen LogP contribution in [0, 0.1) is 0 Å². The van der Waals surface area contributed by atoms with Crippen LogP contribution < -0.4 is 14.9 Å². The average Bonchev–Trinajstić information content (AvgIpc) is 3.06. The molecular weight excluding hydrogens is 300 g/mol. The molecule has 0 spiro atoms. The monoisotopic (exact) mass is 308 g/mol. The maximum atomic E-state index is 11.9.